The van der Waals surface area contributed by atoms with Crippen LogP contribution < -0.4 is 10.3 Å². The van der Waals surface area contributed by atoms with Crippen LogP contribution in [-0.2, 0) is 24.6 Å². The minimum Gasteiger partial charge on any atom is -0.507 e. The maximum atomic E-state index is 15.2. The standard InChI is InChI=1S/C39H30ClFN4O7/c1-20-4-2-7-29(34(20)46)33-27-16-17-28-32(37(49)43(35(28)47)25-5-3-6-26(18-25)45(51)52)30(27)19-31-36(48)44(42-24-14-12-23(41)13-15-24)38(50)39(31,33)21-8-10-22(40)11-9-21/h2-16,18,28,30-33,42,46H,17,19H2,1H3/t28-,30+,31-,32-,33+,39+/m0/s1. The van der Waals surface area contributed by atoms with Gasteiger partial charge in [0.1, 0.15) is 11.6 Å². The summed E-state index contributed by atoms with van der Waals surface area (Å²) in [5, 5.41) is 24.6. The fourth-order valence-electron chi connectivity index (χ4n) is 8.91. The lowest BCUT2D eigenvalue weighted by Gasteiger charge is -2.50. The number of halogens is 2. The van der Waals surface area contributed by atoms with Crippen molar-refractivity contribution in [1.82, 2.24) is 5.01 Å². The van der Waals surface area contributed by atoms with Crippen LogP contribution in [0.15, 0.2) is 103 Å². The van der Waals surface area contributed by atoms with Crippen LogP contribution in [0.2, 0.25) is 5.02 Å². The van der Waals surface area contributed by atoms with Gasteiger partial charge in [-0.1, -0.05) is 59.6 Å². The lowest BCUT2D eigenvalue weighted by Crippen LogP contribution is -2.53. The Bertz CT molecular complexity index is 2240. The van der Waals surface area contributed by atoms with Gasteiger partial charge in [-0.3, -0.25) is 34.7 Å². The van der Waals surface area contributed by atoms with Crippen LogP contribution in [0.3, 0.4) is 0 Å². The molecule has 0 spiro atoms. The molecule has 11 nitrogen and oxygen atoms in total. The highest BCUT2D eigenvalue weighted by molar-refractivity contribution is 6.30. The van der Waals surface area contributed by atoms with Crippen molar-refractivity contribution >= 4 is 52.3 Å². The number of phenols is 1. The van der Waals surface area contributed by atoms with Crippen LogP contribution in [-0.4, -0.2) is 38.7 Å². The fourth-order valence-corrected chi connectivity index (χ4v) is 9.04. The molecule has 2 aliphatic heterocycles. The van der Waals surface area contributed by atoms with Gasteiger partial charge in [-0.2, -0.15) is 5.01 Å². The van der Waals surface area contributed by atoms with Gasteiger partial charge >= 0.3 is 0 Å². The Morgan fingerprint density at radius 2 is 1.63 bits per heavy atom. The number of imide groups is 2. The maximum absolute atomic E-state index is 15.2. The number of nitrogens with zero attached hydrogens (tertiary/aromatic N) is 3. The number of para-hydroxylation sites is 1. The number of hydrazine groups is 1. The molecule has 0 unspecified atom stereocenters. The second-order valence-corrected chi connectivity index (χ2v) is 14.1. The summed E-state index contributed by atoms with van der Waals surface area (Å²) in [6.07, 6.45) is 1.96. The largest absolute Gasteiger partial charge is 0.507 e. The number of nitro groups is 1. The van der Waals surface area contributed by atoms with Crippen LogP contribution in [0.4, 0.5) is 21.5 Å². The fraction of sp³-hybridized carbons (Fsp3) is 0.231. The van der Waals surface area contributed by atoms with Crippen molar-refractivity contribution in [2.24, 2.45) is 23.7 Å². The molecule has 4 aliphatic rings. The number of carbonyl (C=O) groups is 4. The van der Waals surface area contributed by atoms with Gasteiger partial charge in [0.25, 0.3) is 17.5 Å². The Labute approximate surface area is 301 Å². The summed E-state index contributed by atoms with van der Waals surface area (Å²) in [5.74, 6) is -7.46. The number of nitro benzene ring substituents is 1. The Hall–Kier alpha value is -5.88. The molecule has 8 rings (SSSR count). The zero-order valence-electron chi connectivity index (χ0n) is 27.5. The van der Waals surface area contributed by atoms with E-state index in [4.69, 9.17) is 11.6 Å². The van der Waals surface area contributed by atoms with Gasteiger partial charge < -0.3 is 5.11 Å². The van der Waals surface area contributed by atoms with Gasteiger partial charge in [-0.05, 0) is 79.3 Å². The van der Waals surface area contributed by atoms with Crippen molar-refractivity contribution in [3.05, 3.63) is 140 Å². The summed E-state index contributed by atoms with van der Waals surface area (Å²) >= 11 is 6.33. The van der Waals surface area contributed by atoms with Gasteiger partial charge in [-0.25, -0.2) is 9.29 Å². The van der Waals surface area contributed by atoms with E-state index in [2.05, 4.69) is 5.43 Å². The molecule has 4 amide bonds. The highest BCUT2D eigenvalue weighted by atomic mass is 35.5. The first-order valence-electron chi connectivity index (χ1n) is 16.7. The molecule has 262 valence electrons. The molecule has 0 aromatic heterocycles. The zero-order valence-corrected chi connectivity index (χ0v) is 28.3. The molecule has 2 saturated heterocycles. The van der Waals surface area contributed by atoms with Crippen LogP contribution >= 0.6 is 11.6 Å². The highest BCUT2D eigenvalue weighted by Crippen LogP contribution is 2.65. The number of allylic oxidation sites excluding steroid dienone is 2. The predicted octanol–water partition coefficient (Wildman–Crippen LogP) is 6.59. The average molecular weight is 721 g/mol. The third-order valence-corrected chi connectivity index (χ3v) is 11.4. The second kappa shape index (κ2) is 12.1. The molecule has 0 bridgehead atoms. The van der Waals surface area contributed by atoms with Crippen LogP contribution in [0, 0.1) is 46.5 Å². The zero-order chi connectivity index (χ0) is 36.6. The molecular weight excluding hydrogens is 691 g/mol. The summed E-state index contributed by atoms with van der Waals surface area (Å²) < 4.78 is 13.8. The number of aromatic hydroxyl groups is 1. The molecule has 6 atom stereocenters. The quantitative estimate of drug-likeness (QED) is 0.0981. The number of non-ortho nitro benzene ring substituents is 1. The number of nitrogens with one attached hydrogen (secondary N) is 1. The first-order chi connectivity index (χ1) is 24.9. The minimum atomic E-state index is -1.65. The smallest absolute Gasteiger partial charge is 0.271 e. The van der Waals surface area contributed by atoms with E-state index in [1.54, 1.807) is 49.4 Å². The van der Waals surface area contributed by atoms with Crippen molar-refractivity contribution in [1.29, 1.82) is 0 Å². The third kappa shape index (κ3) is 4.77. The van der Waals surface area contributed by atoms with Gasteiger partial charge in [0.05, 0.1) is 39.5 Å². The van der Waals surface area contributed by atoms with E-state index in [9.17, 15) is 34.0 Å². The molecule has 4 aromatic carbocycles. The number of carbonyl (C=O) groups excluding carboxylic acids is 4. The Kier molecular flexibility index (Phi) is 7.76. The molecule has 13 heteroatoms. The van der Waals surface area contributed by atoms with Gasteiger partial charge in [0, 0.05) is 28.6 Å². The summed E-state index contributed by atoms with van der Waals surface area (Å²) in [5.41, 5.74) is 3.29. The number of aryl methyl sites for hydroxylation is 1. The predicted molar refractivity (Wildman–Crippen MR) is 187 cm³/mol. The lowest BCUT2D eigenvalue weighted by atomic mass is 9.49. The number of amides is 4. The first-order valence-corrected chi connectivity index (χ1v) is 17.1. The topological polar surface area (TPSA) is 150 Å². The van der Waals surface area contributed by atoms with E-state index < -0.39 is 69.4 Å². The first kappa shape index (κ1) is 33.3. The molecule has 4 aromatic rings. The molecule has 0 radical (unpaired) electrons. The van der Waals surface area contributed by atoms with Crippen LogP contribution in [0.1, 0.15) is 35.4 Å². The highest BCUT2D eigenvalue weighted by Gasteiger charge is 2.70. The summed E-state index contributed by atoms with van der Waals surface area (Å²) in [6.45, 7) is 1.72. The van der Waals surface area contributed by atoms with Crippen molar-refractivity contribution in [3.8, 4) is 5.75 Å². The maximum Gasteiger partial charge on any atom is 0.271 e. The number of fused-ring (bicyclic) bond motifs is 4. The number of phenolic OH excluding ortho intramolecular Hbond substituents is 1. The van der Waals surface area contributed by atoms with Crippen molar-refractivity contribution < 1.29 is 33.6 Å². The lowest BCUT2D eigenvalue weighted by molar-refractivity contribution is -0.384. The van der Waals surface area contributed by atoms with Gasteiger partial charge in [0.15, 0.2) is 0 Å². The average Bonchev–Trinajstić information content (AvgIpc) is 3.51. The molecule has 2 aliphatic carbocycles. The summed E-state index contributed by atoms with van der Waals surface area (Å²) in [7, 11) is 0. The van der Waals surface area contributed by atoms with Gasteiger partial charge in [-0.15, -0.1) is 0 Å². The summed E-state index contributed by atoms with van der Waals surface area (Å²) in [4.78, 5) is 70.3. The van der Waals surface area contributed by atoms with Crippen LogP contribution in [0.5, 0.6) is 5.75 Å². The molecule has 52 heavy (non-hydrogen) atoms. The van der Waals surface area contributed by atoms with Crippen molar-refractivity contribution in [3.63, 3.8) is 0 Å². The molecule has 3 fully saturated rings. The van der Waals surface area contributed by atoms with E-state index in [0.717, 1.165) is 9.91 Å². The molecule has 1 saturated carbocycles. The Morgan fingerprint density at radius 3 is 2.35 bits per heavy atom. The molecule has 2 N–H and O–H groups in total. The Morgan fingerprint density at radius 1 is 0.923 bits per heavy atom. The Balaban J connectivity index is 1.32. The van der Waals surface area contributed by atoms with E-state index in [1.165, 1.54) is 48.5 Å². The number of anilines is 2. The number of hydrogen-bond acceptors (Lipinski definition) is 8. The van der Waals surface area contributed by atoms with E-state index in [1.807, 2.05) is 6.08 Å². The third-order valence-electron chi connectivity index (χ3n) is 11.1. The van der Waals surface area contributed by atoms with Gasteiger partial charge in [0.2, 0.25) is 11.8 Å². The van der Waals surface area contributed by atoms with Crippen molar-refractivity contribution in [2.75, 3.05) is 10.3 Å². The second-order valence-electron chi connectivity index (χ2n) is 13.7. The molecule has 2 heterocycles. The number of benzene rings is 4. The normalized spacial score (nSPS) is 26.5. The van der Waals surface area contributed by atoms with E-state index >= 15 is 4.79 Å². The van der Waals surface area contributed by atoms with Crippen molar-refractivity contribution in [2.45, 2.75) is 31.1 Å². The van der Waals surface area contributed by atoms with E-state index in [-0.39, 0.29) is 35.7 Å². The number of rotatable bonds is 6. The minimum absolute atomic E-state index is 0.00727. The number of hydrogen-bond donors (Lipinski definition) is 2. The molecular formula is C39H30ClFN4O7. The SMILES string of the molecule is Cc1cccc([C@H]2C3=CC[C@@H]4C(=O)N(c5cccc([N+](=O)[O-])c5)C(=O)[C@@H]4[C@@H]3C[C@H]3C(=O)N(Nc4ccc(F)cc4)C(=O)[C@@]23c2ccc(Cl)cc2)c1O. The summed E-state index contributed by atoms with van der Waals surface area (Å²) in [6, 6.07) is 22.3. The monoisotopic (exact) mass is 720 g/mol. The van der Waals surface area contributed by atoms with E-state index in [0.29, 0.717) is 27.3 Å². The van der Waals surface area contributed by atoms with Crippen LogP contribution in [0.25, 0.3) is 0 Å².